The van der Waals surface area contributed by atoms with Crippen molar-refractivity contribution in [3.63, 3.8) is 0 Å². The van der Waals surface area contributed by atoms with Gasteiger partial charge in [-0.15, -0.1) is 0 Å². The van der Waals surface area contributed by atoms with Gasteiger partial charge in [-0.25, -0.2) is 22.7 Å². The molecule has 0 aromatic carbocycles. The van der Waals surface area contributed by atoms with Gasteiger partial charge in [0.25, 0.3) is 10.0 Å². The van der Waals surface area contributed by atoms with Crippen LogP contribution in [0.2, 0.25) is 0 Å². The van der Waals surface area contributed by atoms with Crippen LogP contribution in [0.1, 0.15) is 33.6 Å². The maximum atomic E-state index is 11.7. The molecule has 1 heterocycles. The fraction of sp³-hybridized carbons (Fsp3) is 0.667. The SMILES string of the molecule is CC(C)(C)OC(=O)NS(=O)(=O)/C=C/C1CCCN1C(=O)O. The average molecular weight is 320 g/mol. The summed E-state index contributed by atoms with van der Waals surface area (Å²) < 4.78 is 30.0. The van der Waals surface area contributed by atoms with E-state index in [0.29, 0.717) is 19.4 Å². The lowest BCUT2D eigenvalue weighted by Crippen LogP contribution is -2.36. The molecule has 1 rings (SSSR count). The van der Waals surface area contributed by atoms with Crippen LogP contribution in [-0.4, -0.2) is 48.8 Å². The summed E-state index contributed by atoms with van der Waals surface area (Å²) in [5.74, 6) is 0. The third-order valence-electron chi connectivity index (χ3n) is 2.65. The lowest BCUT2D eigenvalue weighted by molar-refractivity contribution is 0.0570. The van der Waals surface area contributed by atoms with Crippen molar-refractivity contribution in [2.75, 3.05) is 6.54 Å². The molecule has 0 radical (unpaired) electrons. The summed E-state index contributed by atoms with van der Waals surface area (Å²) in [7, 11) is -4.01. The molecule has 1 atom stereocenters. The molecule has 0 aromatic heterocycles. The second-order valence-electron chi connectivity index (χ2n) is 5.66. The number of rotatable bonds is 3. The zero-order chi connectivity index (χ0) is 16.3. The molecule has 21 heavy (non-hydrogen) atoms. The minimum Gasteiger partial charge on any atom is -0.465 e. The maximum absolute atomic E-state index is 11.7. The minimum atomic E-state index is -4.01. The fourth-order valence-electron chi connectivity index (χ4n) is 1.87. The van der Waals surface area contributed by atoms with Gasteiger partial charge in [-0.2, -0.15) is 0 Å². The quantitative estimate of drug-likeness (QED) is 0.814. The van der Waals surface area contributed by atoms with E-state index in [9.17, 15) is 18.0 Å². The molecule has 0 aromatic rings. The molecule has 0 aliphatic carbocycles. The van der Waals surface area contributed by atoms with Gasteiger partial charge in [0.1, 0.15) is 5.60 Å². The highest BCUT2D eigenvalue weighted by Gasteiger charge is 2.27. The van der Waals surface area contributed by atoms with Crippen LogP contribution in [0.4, 0.5) is 9.59 Å². The Morgan fingerprint density at radius 1 is 1.38 bits per heavy atom. The number of hydrogen-bond acceptors (Lipinski definition) is 5. The number of likely N-dealkylation sites (tertiary alicyclic amines) is 1. The van der Waals surface area contributed by atoms with Gasteiger partial charge in [-0.1, -0.05) is 0 Å². The number of carbonyl (C=O) groups excluding carboxylic acids is 1. The molecular formula is C12H20N2O6S. The van der Waals surface area contributed by atoms with Crippen LogP contribution in [0, 0.1) is 0 Å². The molecule has 1 saturated heterocycles. The summed E-state index contributed by atoms with van der Waals surface area (Å²) in [6.07, 6.45) is 0.299. The lowest BCUT2D eigenvalue weighted by atomic mass is 10.2. The van der Waals surface area contributed by atoms with E-state index in [1.54, 1.807) is 25.5 Å². The Morgan fingerprint density at radius 3 is 2.52 bits per heavy atom. The predicted octanol–water partition coefficient (Wildman–Crippen LogP) is 1.50. The summed E-state index contributed by atoms with van der Waals surface area (Å²) in [5, 5.41) is 9.73. The number of nitrogens with one attached hydrogen (secondary N) is 1. The number of ether oxygens (including phenoxy) is 1. The second-order valence-corrected chi connectivity index (χ2v) is 7.23. The fourth-order valence-corrected chi connectivity index (χ4v) is 2.60. The third kappa shape index (κ3) is 6.03. The van der Waals surface area contributed by atoms with Crippen molar-refractivity contribution >= 4 is 22.2 Å². The Hall–Kier alpha value is -1.77. The molecule has 0 spiro atoms. The van der Waals surface area contributed by atoms with E-state index in [4.69, 9.17) is 9.84 Å². The highest BCUT2D eigenvalue weighted by atomic mass is 32.2. The zero-order valence-corrected chi connectivity index (χ0v) is 13.0. The van der Waals surface area contributed by atoms with E-state index in [1.165, 1.54) is 6.08 Å². The van der Waals surface area contributed by atoms with Crippen LogP contribution in [0.25, 0.3) is 0 Å². The van der Waals surface area contributed by atoms with E-state index in [-0.39, 0.29) is 0 Å². The van der Waals surface area contributed by atoms with Crippen molar-refractivity contribution in [3.05, 3.63) is 11.5 Å². The van der Waals surface area contributed by atoms with Crippen LogP contribution in [-0.2, 0) is 14.8 Å². The van der Waals surface area contributed by atoms with Crippen LogP contribution in [0.15, 0.2) is 11.5 Å². The topological polar surface area (TPSA) is 113 Å². The van der Waals surface area contributed by atoms with E-state index >= 15 is 0 Å². The minimum absolute atomic E-state index is 0.365. The Morgan fingerprint density at radius 2 is 2.00 bits per heavy atom. The third-order valence-corrected chi connectivity index (χ3v) is 3.62. The van der Waals surface area contributed by atoms with Gasteiger partial charge in [0.2, 0.25) is 0 Å². The van der Waals surface area contributed by atoms with Crippen LogP contribution in [0.5, 0.6) is 0 Å². The molecule has 120 valence electrons. The molecule has 1 aliphatic heterocycles. The summed E-state index contributed by atoms with van der Waals surface area (Å²) >= 11 is 0. The van der Waals surface area contributed by atoms with Crippen LogP contribution < -0.4 is 4.72 Å². The maximum Gasteiger partial charge on any atom is 0.421 e. The highest BCUT2D eigenvalue weighted by molar-refractivity contribution is 7.92. The first-order chi connectivity index (χ1) is 9.50. The zero-order valence-electron chi connectivity index (χ0n) is 12.2. The highest BCUT2D eigenvalue weighted by Crippen LogP contribution is 2.18. The van der Waals surface area contributed by atoms with Gasteiger partial charge in [0, 0.05) is 12.0 Å². The first-order valence-electron chi connectivity index (χ1n) is 6.44. The Labute approximate surface area is 123 Å². The molecule has 2 amide bonds. The average Bonchev–Trinajstić information content (AvgIpc) is 2.70. The van der Waals surface area contributed by atoms with Crippen LogP contribution >= 0.6 is 0 Å². The standard InChI is InChI=1S/C12H20N2O6S/c1-12(2,3)20-10(15)13-21(18,19)8-6-9-5-4-7-14(9)11(16)17/h6,8-9H,4-5,7H2,1-3H3,(H,13,15)(H,16,17)/b8-6+. The Balaban J connectivity index is 2.66. The van der Waals surface area contributed by atoms with Gasteiger partial charge >= 0.3 is 12.2 Å². The molecule has 1 fully saturated rings. The molecule has 1 aliphatic rings. The van der Waals surface area contributed by atoms with Crippen molar-refractivity contribution in [1.29, 1.82) is 0 Å². The number of carboxylic acid groups (broad SMARTS) is 1. The monoisotopic (exact) mass is 320 g/mol. The molecular weight excluding hydrogens is 300 g/mol. The van der Waals surface area contributed by atoms with E-state index < -0.39 is 33.9 Å². The lowest BCUT2D eigenvalue weighted by Gasteiger charge is -2.19. The molecule has 2 N–H and O–H groups in total. The second kappa shape index (κ2) is 6.33. The first-order valence-corrected chi connectivity index (χ1v) is 7.98. The summed E-state index contributed by atoms with van der Waals surface area (Å²) in [5.41, 5.74) is -0.811. The molecule has 0 saturated carbocycles. The number of amides is 2. The van der Waals surface area contributed by atoms with Gasteiger partial charge in [0.15, 0.2) is 0 Å². The predicted molar refractivity (Wildman–Crippen MR) is 75.2 cm³/mol. The molecule has 1 unspecified atom stereocenters. The van der Waals surface area contributed by atoms with Gasteiger partial charge < -0.3 is 14.7 Å². The van der Waals surface area contributed by atoms with E-state index in [1.807, 2.05) is 0 Å². The Bertz CT molecular complexity index is 534. The van der Waals surface area contributed by atoms with Crippen LogP contribution in [0.3, 0.4) is 0 Å². The molecule has 9 heteroatoms. The number of hydrogen-bond donors (Lipinski definition) is 2. The normalized spacial score (nSPS) is 19.8. The van der Waals surface area contributed by atoms with Gasteiger partial charge in [0.05, 0.1) is 6.04 Å². The summed E-state index contributed by atoms with van der Waals surface area (Å²) in [6.45, 7) is 5.19. The largest absolute Gasteiger partial charge is 0.465 e. The van der Waals surface area contributed by atoms with E-state index in [2.05, 4.69) is 0 Å². The summed E-state index contributed by atoms with van der Waals surface area (Å²) in [4.78, 5) is 23.5. The van der Waals surface area contributed by atoms with Crippen molar-refractivity contribution in [2.45, 2.75) is 45.3 Å². The van der Waals surface area contributed by atoms with Crippen molar-refractivity contribution < 1.29 is 27.9 Å². The van der Waals surface area contributed by atoms with Gasteiger partial charge in [-0.3, -0.25) is 0 Å². The Kier molecular flexibility index (Phi) is 5.21. The number of nitrogens with zero attached hydrogens (tertiary/aromatic N) is 1. The summed E-state index contributed by atoms with van der Waals surface area (Å²) in [6, 6.07) is -0.502. The van der Waals surface area contributed by atoms with Crippen molar-refractivity contribution in [2.24, 2.45) is 0 Å². The van der Waals surface area contributed by atoms with Gasteiger partial charge in [-0.05, 0) is 39.7 Å². The number of sulfonamides is 1. The van der Waals surface area contributed by atoms with Crippen molar-refractivity contribution in [1.82, 2.24) is 9.62 Å². The van der Waals surface area contributed by atoms with E-state index in [0.717, 1.165) is 10.3 Å². The number of carbonyl (C=O) groups is 2. The van der Waals surface area contributed by atoms with Crippen molar-refractivity contribution in [3.8, 4) is 0 Å². The molecule has 0 bridgehead atoms. The molecule has 8 nitrogen and oxygen atoms in total. The first kappa shape index (κ1) is 17.3. The smallest absolute Gasteiger partial charge is 0.421 e.